The number of imide groups is 1. The zero-order valence-electron chi connectivity index (χ0n) is 16.8. The monoisotopic (exact) mass is 420 g/mol. The van der Waals surface area contributed by atoms with E-state index in [0.717, 1.165) is 10.5 Å². The maximum atomic E-state index is 13.1. The van der Waals surface area contributed by atoms with Crippen LogP contribution in [0.25, 0.3) is 0 Å². The maximum Gasteiger partial charge on any atom is 0.325 e. The van der Waals surface area contributed by atoms with Gasteiger partial charge >= 0.3 is 6.03 Å². The van der Waals surface area contributed by atoms with Crippen LogP contribution in [0.4, 0.5) is 10.5 Å². The van der Waals surface area contributed by atoms with Crippen molar-refractivity contribution in [1.29, 1.82) is 5.26 Å². The van der Waals surface area contributed by atoms with Gasteiger partial charge in [0.15, 0.2) is 11.5 Å². The van der Waals surface area contributed by atoms with Crippen LogP contribution in [0.2, 0.25) is 0 Å². The second-order valence-corrected chi connectivity index (χ2v) is 7.38. The van der Waals surface area contributed by atoms with E-state index in [1.807, 2.05) is 6.07 Å². The number of nitriles is 1. The summed E-state index contributed by atoms with van der Waals surface area (Å²) in [7, 11) is 0. The number of hydrogen-bond donors (Lipinski definition) is 2. The molecule has 2 aromatic rings. The molecule has 31 heavy (non-hydrogen) atoms. The quantitative estimate of drug-likeness (QED) is 0.713. The van der Waals surface area contributed by atoms with Gasteiger partial charge in [0, 0.05) is 5.69 Å². The summed E-state index contributed by atoms with van der Waals surface area (Å²) < 4.78 is 11.1. The van der Waals surface area contributed by atoms with Crippen molar-refractivity contribution in [1.82, 2.24) is 10.2 Å². The van der Waals surface area contributed by atoms with Crippen LogP contribution in [-0.2, 0) is 21.5 Å². The Kier molecular flexibility index (Phi) is 5.21. The Balaban J connectivity index is 1.46. The molecule has 0 bridgehead atoms. The highest BCUT2D eigenvalue weighted by molar-refractivity contribution is 6.10. The Labute approximate surface area is 178 Å². The van der Waals surface area contributed by atoms with E-state index in [4.69, 9.17) is 14.7 Å². The van der Waals surface area contributed by atoms with Crippen LogP contribution in [0.15, 0.2) is 42.5 Å². The SMILES string of the molecule is CC1(c2ccc3c(c2)OCCO3)NC(=O)N(CC(=O)Nc2ccc(CC#N)cc2)C1=O. The lowest BCUT2D eigenvalue weighted by Gasteiger charge is -2.25. The molecule has 9 heteroatoms. The fourth-order valence-corrected chi connectivity index (χ4v) is 3.53. The number of amides is 4. The first-order valence-corrected chi connectivity index (χ1v) is 9.71. The number of rotatable bonds is 5. The molecule has 2 aliphatic heterocycles. The number of nitrogens with one attached hydrogen (secondary N) is 2. The largest absolute Gasteiger partial charge is 0.486 e. The first-order chi connectivity index (χ1) is 14.9. The zero-order chi connectivity index (χ0) is 22.0. The average molecular weight is 420 g/mol. The third-order valence-corrected chi connectivity index (χ3v) is 5.22. The Morgan fingerprint density at radius 1 is 1.16 bits per heavy atom. The van der Waals surface area contributed by atoms with E-state index in [-0.39, 0.29) is 6.42 Å². The average Bonchev–Trinajstić information content (AvgIpc) is 2.99. The molecular formula is C22H20N4O5. The molecule has 2 aromatic carbocycles. The third kappa shape index (κ3) is 3.88. The number of nitrogens with zero attached hydrogens (tertiary/aromatic N) is 2. The van der Waals surface area contributed by atoms with Gasteiger partial charge in [-0.25, -0.2) is 4.79 Å². The minimum Gasteiger partial charge on any atom is -0.486 e. The number of benzene rings is 2. The van der Waals surface area contributed by atoms with E-state index >= 15 is 0 Å². The second kappa shape index (κ2) is 7.99. The second-order valence-electron chi connectivity index (χ2n) is 7.38. The Morgan fingerprint density at radius 3 is 2.58 bits per heavy atom. The third-order valence-electron chi connectivity index (χ3n) is 5.22. The number of ether oxygens (including phenoxy) is 2. The lowest BCUT2D eigenvalue weighted by atomic mass is 9.91. The Hall–Kier alpha value is -4.06. The summed E-state index contributed by atoms with van der Waals surface area (Å²) in [5, 5.41) is 14.0. The first-order valence-electron chi connectivity index (χ1n) is 9.71. The molecule has 0 saturated carbocycles. The summed E-state index contributed by atoms with van der Waals surface area (Å²) in [6.07, 6.45) is 0.273. The molecule has 0 radical (unpaired) electrons. The summed E-state index contributed by atoms with van der Waals surface area (Å²) in [5.74, 6) is 0.0344. The molecule has 0 aromatic heterocycles. The van der Waals surface area contributed by atoms with Crippen molar-refractivity contribution in [2.75, 3.05) is 25.1 Å². The van der Waals surface area contributed by atoms with Crippen LogP contribution >= 0.6 is 0 Å². The summed E-state index contributed by atoms with van der Waals surface area (Å²) in [5.41, 5.74) is 0.538. The Morgan fingerprint density at radius 2 is 1.87 bits per heavy atom. The number of urea groups is 1. The fraction of sp³-hybridized carbons (Fsp3) is 0.273. The van der Waals surface area contributed by atoms with Gasteiger partial charge in [0.1, 0.15) is 25.3 Å². The van der Waals surface area contributed by atoms with E-state index in [9.17, 15) is 14.4 Å². The summed E-state index contributed by atoms with van der Waals surface area (Å²) in [6, 6.07) is 13.2. The van der Waals surface area contributed by atoms with Gasteiger partial charge < -0.3 is 20.1 Å². The van der Waals surface area contributed by atoms with Crippen molar-refractivity contribution >= 4 is 23.5 Å². The molecular weight excluding hydrogens is 400 g/mol. The Bertz CT molecular complexity index is 1090. The first kappa shape index (κ1) is 20.2. The standard InChI is InChI=1S/C22H20N4O5/c1-22(15-4-7-17-18(12-15)31-11-10-30-17)20(28)26(21(29)25-22)13-19(27)24-16-5-2-14(3-6-16)8-9-23/h2-7,12H,8,10-11,13H2,1H3,(H,24,27)(H,25,29). The summed E-state index contributed by atoms with van der Waals surface area (Å²) in [6.45, 7) is 2.01. The minimum absolute atomic E-state index is 0.273. The molecule has 4 rings (SSSR count). The van der Waals surface area contributed by atoms with Gasteiger partial charge in [0.25, 0.3) is 5.91 Å². The van der Waals surface area contributed by atoms with Crippen molar-refractivity contribution in [2.24, 2.45) is 0 Å². The van der Waals surface area contributed by atoms with Crippen molar-refractivity contribution in [2.45, 2.75) is 18.9 Å². The van der Waals surface area contributed by atoms with Gasteiger partial charge in [-0.15, -0.1) is 0 Å². The molecule has 0 spiro atoms. The van der Waals surface area contributed by atoms with Crippen LogP contribution in [0, 0.1) is 11.3 Å². The number of fused-ring (bicyclic) bond motifs is 1. The predicted molar refractivity (Wildman–Crippen MR) is 109 cm³/mol. The lowest BCUT2D eigenvalue weighted by molar-refractivity contribution is -0.133. The highest BCUT2D eigenvalue weighted by atomic mass is 16.6. The van der Waals surface area contributed by atoms with Gasteiger partial charge in [-0.1, -0.05) is 18.2 Å². The smallest absolute Gasteiger partial charge is 0.325 e. The van der Waals surface area contributed by atoms with E-state index in [1.165, 1.54) is 0 Å². The zero-order valence-corrected chi connectivity index (χ0v) is 16.8. The normalized spacial score (nSPS) is 19.5. The molecule has 2 aliphatic rings. The number of carbonyl (C=O) groups excluding carboxylic acids is 3. The van der Waals surface area contributed by atoms with Gasteiger partial charge in [-0.2, -0.15) is 5.26 Å². The summed E-state index contributed by atoms with van der Waals surface area (Å²) >= 11 is 0. The van der Waals surface area contributed by atoms with Crippen molar-refractivity contribution in [3.63, 3.8) is 0 Å². The topological polar surface area (TPSA) is 121 Å². The van der Waals surface area contributed by atoms with Gasteiger partial charge in [0.2, 0.25) is 5.91 Å². The van der Waals surface area contributed by atoms with Crippen LogP contribution in [0.3, 0.4) is 0 Å². The maximum absolute atomic E-state index is 13.1. The number of anilines is 1. The molecule has 2 heterocycles. The van der Waals surface area contributed by atoms with Crippen molar-refractivity contribution in [3.05, 3.63) is 53.6 Å². The molecule has 1 fully saturated rings. The molecule has 9 nitrogen and oxygen atoms in total. The lowest BCUT2D eigenvalue weighted by Crippen LogP contribution is -2.42. The van der Waals surface area contributed by atoms with E-state index in [1.54, 1.807) is 49.4 Å². The molecule has 1 saturated heterocycles. The minimum atomic E-state index is -1.33. The molecule has 2 N–H and O–H groups in total. The molecule has 4 amide bonds. The van der Waals surface area contributed by atoms with Crippen LogP contribution in [0.5, 0.6) is 11.5 Å². The predicted octanol–water partition coefficient (Wildman–Crippen LogP) is 1.93. The molecule has 0 aliphatic carbocycles. The fourth-order valence-electron chi connectivity index (χ4n) is 3.53. The van der Waals surface area contributed by atoms with Gasteiger partial charge in [0.05, 0.1) is 12.5 Å². The van der Waals surface area contributed by atoms with E-state index in [0.29, 0.717) is 36.0 Å². The number of carbonyl (C=O) groups is 3. The van der Waals surface area contributed by atoms with Crippen molar-refractivity contribution in [3.8, 4) is 17.6 Å². The van der Waals surface area contributed by atoms with E-state index in [2.05, 4.69) is 10.6 Å². The molecule has 158 valence electrons. The highest BCUT2D eigenvalue weighted by Gasteiger charge is 2.49. The van der Waals surface area contributed by atoms with Crippen molar-refractivity contribution < 1.29 is 23.9 Å². The van der Waals surface area contributed by atoms with Crippen LogP contribution < -0.4 is 20.1 Å². The molecule has 1 unspecified atom stereocenters. The summed E-state index contributed by atoms with van der Waals surface area (Å²) in [4.78, 5) is 38.9. The highest BCUT2D eigenvalue weighted by Crippen LogP contribution is 2.36. The van der Waals surface area contributed by atoms with Gasteiger partial charge in [-0.05, 0) is 42.3 Å². The molecule has 1 atom stereocenters. The van der Waals surface area contributed by atoms with Crippen LogP contribution in [-0.4, -0.2) is 42.5 Å². The van der Waals surface area contributed by atoms with Crippen LogP contribution in [0.1, 0.15) is 18.1 Å². The van der Waals surface area contributed by atoms with E-state index < -0.39 is 29.9 Å². The van der Waals surface area contributed by atoms with Gasteiger partial charge in [-0.3, -0.25) is 14.5 Å². The number of hydrogen-bond acceptors (Lipinski definition) is 6.